The third-order valence-corrected chi connectivity index (χ3v) is 3.08. The van der Waals surface area contributed by atoms with E-state index in [2.05, 4.69) is 4.98 Å². The van der Waals surface area contributed by atoms with E-state index in [1.54, 1.807) is 24.3 Å². The zero-order chi connectivity index (χ0) is 13.0. The van der Waals surface area contributed by atoms with Crippen LogP contribution < -0.4 is 4.74 Å². The van der Waals surface area contributed by atoms with Gasteiger partial charge < -0.3 is 4.74 Å². The first kappa shape index (κ1) is 12.6. The molecule has 18 heavy (non-hydrogen) atoms. The highest BCUT2D eigenvalue weighted by Gasteiger charge is 2.12. The van der Waals surface area contributed by atoms with Crippen molar-refractivity contribution in [2.24, 2.45) is 0 Å². The van der Waals surface area contributed by atoms with E-state index in [1.165, 1.54) is 17.5 Å². The number of rotatable bonds is 5. The summed E-state index contributed by atoms with van der Waals surface area (Å²) in [4.78, 5) is 15.1. The first-order chi connectivity index (χ1) is 8.70. The van der Waals surface area contributed by atoms with E-state index in [0.717, 1.165) is 0 Å². The second-order valence-electron chi connectivity index (χ2n) is 3.38. The second-order valence-corrected chi connectivity index (χ2v) is 4.45. The van der Waals surface area contributed by atoms with Gasteiger partial charge in [-0.2, -0.15) is 0 Å². The van der Waals surface area contributed by atoms with E-state index >= 15 is 0 Å². The molecule has 0 bridgehead atoms. The Balaban J connectivity index is 2.29. The summed E-state index contributed by atoms with van der Waals surface area (Å²) in [6, 6.07) is 6.76. The predicted molar refractivity (Wildman–Crippen MR) is 64.4 cm³/mol. The maximum atomic E-state index is 12.1. The summed E-state index contributed by atoms with van der Waals surface area (Å²) < 4.78 is 29.3. The van der Waals surface area contributed by atoms with Gasteiger partial charge in [0.05, 0.1) is 10.4 Å². The molecule has 0 aliphatic carbocycles. The summed E-state index contributed by atoms with van der Waals surface area (Å²) in [6.07, 6.45) is -0.388. The number of benzene rings is 1. The maximum absolute atomic E-state index is 12.1. The smallest absolute Gasteiger partial charge is 0.272 e. The maximum Gasteiger partial charge on any atom is 0.272 e. The average molecular weight is 269 g/mol. The minimum Gasteiger partial charge on any atom is -0.487 e. The molecule has 0 unspecified atom stereocenters. The number of ether oxygens (including phenoxy) is 1. The molecule has 0 spiro atoms. The number of aldehydes is 1. The van der Waals surface area contributed by atoms with E-state index in [1.807, 2.05) is 0 Å². The van der Waals surface area contributed by atoms with E-state index in [0.29, 0.717) is 27.5 Å². The number of para-hydroxylation sites is 1. The topological polar surface area (TPSA) is 39.2 Å². The van der Waals surface area contributed by atoms with Gasteiger partial charge in [0.1, 0.15) is 17.4 Å². The third kappa shape index (κ3) is 2.89. The van der Waals surface area contributed by atoms with Crippen molar-refractivity contribution in [2.75, 3.05) is 6.61 Å². The van der Waals surface area contributed by atoms with Gasteiger partial charge in [-0.3, -0.25) is 4.79 Å². The van der Waals surface area contributed by atoms with Crippen molar-refractivity contribution >= 4 is 17.6 Å². The van der Waals surface area contributed by atoms with Crippen molar-refractivity contribution < 1.29 is 18.3 Å². The molecule has 1 heterocycles. The number of alkyl halides is 2. The molecule has 3 nitrogen and oxygen atoms in total. The van der Waals surface area contributed by atoms with Gasteiger partial charge in [-0.05, 0) is 12.1 Å². The number of carbonyl (C=O) groups is 1. The minimum absolute atomic E-state index is 0.338. The molecular formula is C12H9F2NO2S. The molecule has 6 heteroatoms. The Morgan fingerprint density at radius 1 is 1.39 bits per heavy atom. The monoisotopic (exact) mass is 269 g/mol. The van der Waals surface area contributed by atoms with Crippen molar-refractivity contribution in [3.8, 4) is 16.3 Å². The Kier molecular flexibility index (Phi) is 3.99. The average Bonchev–Trinajstić information content (AvgIpc) is 2.85. The van der Waals surface area contributed by atoms with Crippen LogP contribution in [0.4, 0.5) is 8.78 Å². The normalized spacial score (nSPS) is 10.6. The molecule has 1 aromatic heterocycles. The molecule has 0 N–H and O–H groups in total. The molecule has 1 aromatic carbocycles. The number of aromatic nitrogens is 1. The SMILES string of the molecule is O=Cc1cnc(-c2ccccc2OCC(F)F)s1. The standard InChI is InChI=1S/C12H9F2NO2S/c13-11(14)7-17-10-4-2-1-3-9(10)12-15-5-8(6-16)18-12/h1-6,11H,7H2. The number of halogens is 2. The highest BCUT2D eigenvalue weighted by molar-refractivity contribution is 7.16. The zero-order valence-corrected chi connectivity index (χ0v) is 9.99. The number of hydrogen-bond donors (Lipinski definition) is 0. The van der Waals surface area contributed by atoms with Crippen LogP contribution in [0.3, 0.4) is 0 Å². The van der Waals surface area contributed by atoms with Crippen LogP contribution in [0, 0.1) is 0 Å². The van der Waals surface area contributed by atoms with Crippen LogP contribution in [-0.2, 0) is 0 Å². The van der Waals surface area contributed by atoms with Crippen LogP contribution in [0.5, 0.6) is 5.75 Å². The van der Waals surface area contributed by atoms with E-state index in [4.69, 9.17) is 4.74 Å². The lowest BCUT2D eigenvalue weighted by Crippen LogP contribution is -2.07. The fraction of sp³-hybridized carbons (Fsp3) is 0.167. The van der Waals surface area contributed by atoms with Crippen LogP contribution in [-0.4, -0.2) is 24.3 Å². The predicted octanol–water partition coefficient (Wildman–Crippen LogP) is 3.27. The molecule has 0 saturated carbocycles. The Hall–Kier alpha value is -1.82. The minimum atomic E-state index is -2.53. The molecule has 0 amide bonds. The van der Waals surface area contributed by atoms with E-state index < -0.39 is 13.0 Å². The molecule has 0 saturated heterocycles. The van der Waals surface area contributed by atoms with Crippen LogP contribution in [0.2, 0.25) is 0 Å². The molecule has 0 fully saturated rings. The molecule has 0 radical (unpaired) electrons. The molecule has 2 rings (SSSR count). The van der Waals surface area contributed by atoms with Gasteiger partial charge in [0.15, 0.2) is 6.29 Å². The number of thiazole rings is 1. The highest BCUT2D eigenvalue weighted by Crippen LogP contribution is 2.32. The van der Waals surface area contributed by atoms with Crippen molar-refractivity contribution in [2.45, 2.75) is 6.43 Å². The van der Waals surface area contributed by atoms with Gasteiger partial charge in [0.2, 0.25) is 0 Å². The van der Waals surface area contributed by atoms with Crippen molar-refractivity contribution in [3.63, 3.8) is 0 Å². The molecular weight excluding hydrogens is 260 g/mol. The van der Waals surface area contributed by atoms with Crippen LogP contribution in [0.15, 0.2) is 30.5 Å². The highest BCUT2D eigenvalue weighted by atomic mass is 32.1. The fourth-order valence-corrected chi connectivity index (χ4v) is 2.15. The van der Waals surface area contributed by atoms with Crippen molar-refractivity contribution in [1.29, 1.82) is 0 Å². The summed E-state index contributed by atoms with van der Waals surface area (Å²) in [6.45, 7) is -0.664. The molecule has 0 atom stereocenters. The van der Waals surface area contributed by atoms with Crippen LogP contribution in [0.25, 0.3) is 10.6 Å². The van der Waals surface area contributed by atoms with Crippen LogP contribution >= 0.6 is 11.3 Å². The summed E-state index contributed by atoms with van der Waals surface area (Å²) in [7, 11) is 0. The van der Waals surface area contributed by atoms with Gasteiger partial charge in [-0.1, -0.05) is 12.1 Å². The first-order valence-corrected chi connectivity index (χ1v) is 5.93. The Morgan fingerprint density at radius 3 is 2.83 bits per heavy atom. The quantitative estimate of drug-likeness (QED) is 0.782. The summed E-state index contributed by atoms with van der Waals surface area (Å²) >= 11 is 1.19. The molecule has 2 aromatic rings. The zero-order valence-electron chi connectivity index (χ0n) is 9.18. The number of nitrogens with zero attached hydrogens (tertiary/aromatic N) is 1. The second kappa shape index (κ2) is 5.68. The largest absolute Gasteiger partial charge is 0.487 e. The third-order valence-electron chi connectivity index (χ3n) is 2.12. The lowest BCUT2D eigenvalue weighted by molar-refractivity contribution is 0.0822. The molecule has 94 valence electrons. The van der Waals surface area contributed by atoms with Gasteiger partial charge in [0.25, 0.3) is 6.43 Å². The van der Waals surface area contributed by atoms with Crippen molar-refractivity contribution in [3.05, 3.63) is 35.3 Å². The Bertz CT molecular complexity index is 542. The summed E-state index contributed by atoms with van der Waals surface area (Å²) in [5.41, 5.74) is 0.608. The Labute approximate surface area is 106 Å². The summed E-state index contributed by atoms with van der Waals surface area (Å²) in [5, 5.41) is 0.571. The van der Waals surface area contributed by atoms with Crippen molar-refractivity contribution in [1.82, 2.24) is 4.98 Å². The van der Waals surface area contributed by atoms with E-state index in [9.17, 15) is 13.6 Å². The van der Waals surface area contributed by atoms with Gasteiger partial charge in [-0.15, -0.1) is 11.3 Å². The number of hydrogen-bond acceptors (Lipinski definition) is 4. The van der Waals surface area contributed by atoms with Gasteiger partial charge >= 0.3 is 0 Å². The lowest BCUT2D eigenvalue weighted by Gasteiger charge is -2.08. The molecule has 0 aliphatic heterocycles. The van der Waals surface area contributed by atoms with Gasteiger partial charge in [0, 0.05) is 6.20 Å². The number of carbonyl (C=O) groups excluding carboxylic acids is 1. The Morgan fingerprint density at radius 2 is 2.17 bits per heavy atom. The van der Waals surface area contributed by atoms with Gasteiger partial charge in [-0.25, -0.2) is 13.8 Å². The first-order valence-electron chi connectivity index (χ1n) is 5.12. The molecule has 0 aliphatic rings. The fourth-order valence-electron chi connectivity index (χ4n) is 1.39. The summed E-state index contributed by atoms with van der Waals surface area (Å²) in [5.74, 6) is 0.338. The lowest BCUT2D eigenvalue weighted by atomic mass is 10.2. The van der Waals surface area contributed by atoms with E-state index in [-0.39, 0.29) is 0 Å². The van der Waals surface area contributed by atoms with Crippen LogP contribution in [0.1, 0.15) is 9.67 Å².